The minimum atomic E-state index is -0.481. The summed E-state index contributed by atoms with van der Waals surface area (Å²) in [6, 6.07) is 66.5. The fourth-order valence-electron chi connectivity index (χ4n) is 10.9. The van der Waals surface area contributed by atoms with E-state index in [1.807, 2.05) is 0 Å². The van der Waals surface area contributed by atoms with Crippen molar-refractivity contribution in [1.82, 2.24) is 4.57 Å². The first kappa shape index (κ1) is 45.5. The van der Waals surface area contributed by atoms with Gasteiger partial charge in [-0.2, -0.15) is 0 Å². The van der Waals surface area contributed by atoms with Gasteiger partial charge in [-0.3, -0.25) is 0 Å². The van der Waals surface area contributed by atoms with Gasteiger partial charge in [-0.25, -0.2) is 0 Å². The molecule has 12 rings (SSSR count). The number of anilines is 3. The highest BCUT2D eigenvalue weighted by molar-refractivity contribution is 6.63. The second-order valence-corrected chi connectivity index (χ2v) is 22.3. The van der Waals surface area contributed by atoms with Crippen molar-refractivity contribution in [3.05, 3.63) is 193 Å². The molecule has 2 saturated heterocycles. The van der Waals surface area contributed by atoms with Crippen LogP contribution in [0, 0.1) is 0 Å². The molecule has 3 aliphatic rings. The molecule has 1 aromatic heterocycles. The summed E-state index contributed by atoms with van der Waals surface area (Å²) < 4.78 is 28.6. The van der Waals surface area contributed by atoms with E-state index in [0.717, 1.165) is 66.6 Å². The molecule has 3 heterocycles. The first-order chi connectivity index (χ1) is 33.9. The van der Waals surface area contributed by atoms with Crippen molar-refractivity contribution in [2.75, 3.05) is 4.90 Å². The van der Waals surface area contributed by atoms with E-state index in [2.05, 4.69) is 261 Å². The summed E-state index contributed by atoms with van der Waals surface area (Å²) in [4.78, 5) is 2.39. The molecule has 0 saturated carbocycles. The van der Waals surface area contributed by atoms with Crippen molar-refractivity contribution in [2.24, 2.45) is 0 Å². The summed E-state index contributed by atoms with van der Waals surface area (Å²) >= 11 is 0. The van der Waals surface area contributed by atoms with Crippen LogP contribution in [0.2, 0.25) is 0 Å². The molecule has 8 heteroatoms. The topological polar surface area (TPSA) is 45.1 Å². The van der Waals surface area contributed by atoms with Crippen LogP contribution in [0.5, 0.6) is 0 Å². The summed E-state index contributed by atoms with van der Waals surface area (Å²) in [5, 5.41) is 2.22. The molecule has 0 bridgehead atoms. The third-order valence-electron chi connectivity index (χ3n) is 16.5. The molecule has 0 N–H and O–H groups in total. The van der Waals surface area contributed by atoms with Crippen molar-refractivity contribution in [3.63, 3.8) is 0 Å². The largest absolute Gasteiger partial charge is 0.494 e. The summed E-state index contributed by atoms with van der Waals surface area (Å²) in [5.41, 5.74) is 16.7. The minimum absolute atomic E-state index is 0.117. The van der Waals surface area contributed by atoms with Gasteiger partial charge in [0.25, 0.3) is 0 Å². The predicted octanol–water partition coefficient (Wildman–Crippen LogP) is 14.5. The number of aromatic nitrogens is 1. The van der Waals surface area contributed by atoms with Gasteiger partial charge in [-0.05, 0) is 171 Å². The van der Waals surface area contributed by atoms with Crippen molar-refractivity contribution >= 4 is 64.0 Å². The Labute approximate surface area is 419 Å². The van der Waals surface area contributed by atoms with Gasteiger partial charge in [0, 0.05) is 38.9 Å². The number of hydrogen-bond acceptors (Lipinski definition) is 5. The smallest absolute Gasteiger partial charge is 0.399 e. The SMILES string of the molecule is CC1(C)c2ccccc2-c2ccc(N(c3ccc(-c4ccccc4)cc3)c3ccc(-c4ccc(-n5c6ccc(B7OC(C)(C)C(C)(C)O7)cc6c6cc(B7OC(C)(C)C(C)(C)O7)ccc65)cc4)cc3)cc21. The lowest BCUT2D eigenvalue weighted by Crippen LogP contribution is -2.41. The van der Waals surface area contributed by atoms with E-state index >= 15 is 0 Å². The average Bonchev–Trinajstić information content (AvgIpc) is 3.97. The Hall–Kier alpha value is -6.67. The first-order valence-electron chi connectivity index (χ1n) is 25.1. The van der Waals surface area contributed by atoms with Gasteiger partial charge in [-0.1, -0.05) is 135 Å². The highest BCUT2D eigenvalue weighted by Crippen LogP contribution is 2.51. The predicted molar refractivity (Wildman–Crippen MR) is 295 cm³/mol. The Morgan fingerprint density at radius 1 is 0.366 bits per heavy atom. The Kier molecular flexibility index (Phi) is 10.4. The molecular formula is C63H60B2N2O4. The molecule has 2 fully saturated rings. The van der Waals surface area contributed by atoms with Crippen LogP contribution < -0.4 is 15.8 Å². The molecule has 6 nitrogen and oxygen atoms in total. The van der Waals surface area contributed by atoms with E-state index in [4.69, 9.17) is 18.6 Å². The lowest BCUT2D eigenvalue weighted by molar-refractivity contribution is 0.00578. The van der Waals surface area contributed by atoms with Crippen LogP contribution in [0.4, 0.5) is 17.1 Å². The maximum atomic E-state index is 6.56. The molecule has 0 radical (unpaired) electrons. The molecule has 352 valence electrons. The zero-order valence-corrected chi connectivity index (χ0v) is 42.5. The van der Waals surface area contributed by atoms with Gasteiger partial charge in [0.1, 0.15) is 0 Å². The van der Waals surface area contributed by atoms with Crippen LogP contribution in [-0.4, -0.2) is 41.2 Å². The highest BCUT2D eigenvalue weighted by Gasteiger charge is 2.53. The second kappa shape index (κ2) is 16.2. The third kappa shape index (κ3) is 7.41. The van der Waals surface area contributed by atoms with Crippen LogP contribution in [0.15, 0.2) is 182 Å². The van der Waals surface area contributed by atoms with Crippen molar-refractivity contribution in [2.45, 2.75) is 97.1 Å². The van der Waals surface area contributed by atoms with Crippen molar-refractivity contribution in [3.8, 4) is 39.1 Å². The van der Waals surface area contributed by atoms with E-state index in [1.54, 1.807) is 0 Å². The van der Waals surface area contributed by atoms with Gasteiger partial charge in [0.2, 0.25) is 0 Å². The number of hydrogen-bond donors (Lipinski definition) is 0. The van der Waals surface area contributed by atoms with E-state index in [1.165, 1.54) is 33.4 Å². The monoisotopic (exact) mass is 930 g/mol. The van der Waals surface area contributed by atoms with Gasteiger partial charge >= 0.3 is 14.2 Å². The Morgan fingerprint density at radius 3 is 1.27 bits per heavy atom. The minimum Gasteiger partial charge on any atom is -0.399 e. The average molecular weight is 931 g/mol. The first-order valence-corrected chi connectivity index (χ1v) is 25.1. The summed E-state index contributed by atoms with van der Waals surface area (Å²) in [5.74, 6) is 0. The zero-order chi connectivity index (χ0) is 49.2. The normalized spacial score (nSPS) is 18.0. The summed E-state index contributed by atoms with van der Waals surface area (Å²) in [7, 11) is -0.962. The van der Waals surface area contributed by atoms with E-state index in [-0.39, 0.29) is 5.41 Å². The Morgan fingerprint density at radius 2 is 0.775 bits per heavy atom. The number of fused-ring (bicyclic) bond motifs is 6. The third-order valence-corrected chi connectivity index (χ3v) is 16.5. The second-order valence-electron chi connectivity index (χ2n) is 22.3. The number of benzene rings is 8. The maximum Gasteiger partial charge on any atom is 0.494 e. The lowest BCUT2D eigenvalue weighted by atomic mass is 9.77. The fraction of sp³-hybridized carbons (Fsp3) is 0.238. The van der Waals surface area contributed by atoms with Gasteiger partial charge in [-0.15, -0.1) is 0 Å². The van der Waals surface area contributed by atoms with Crippen LogP contribution in [0.25, 0.3) is 60.9 Å². The van der Waals surface area contributed by atoms with Crippen LogP contribution in [0.3, 0.4) is 0 Å². The van der Waals surface area contributed by atoms with Crippen LogP contribution in [-0.2, 0) is 24.0 Å². The quantitative estimate of drug-likeness (QED) is 0.142. The molecule has 2 aliphatic heterocycles. The van der Waals surface area contributed by atoms with E-state index < -0.39 is 36.6 Å². The molecule has 0 atom stereocenters. The number of rotatable bonds is 8. The van der Waals surface area contributed by atoms with Crippen molar-refractivity contribution < 1.29 is 18.6 Å². The fourth-order valence-corrected chi connectivity index (χ4v) is 10.9. The van der Waals surface area contributed by atoms with E-state index in [0.29, 0.717) is 0 Å². The van der Waals surface area contributed by atoms with Crippen molar-refractivity contribution in [1.29, 1.82) is 0 Å². The molecule has 8 aromatic carbocycles. The molecule has 1 aliphatic carbocycles. The molecule has 0 unspecified atom stereocenters. The summed E-state index contributed by atoms with van der Waals surface area (Å²) in [6.07, 6.45) is 0. The zero-order valence-electron chi connectivity index (χ0n) is 42.5. The van der Waals surface area contributed by atoms with Gasteiger partial charge in [0.15, 0.2) is 0 Å². The highest BCUT2D eigenvalue weighted by atomic mass is 16.7. The Bertz CT molecular complexity index is 3400. The molecule has 9 aromatic rings. The van der Waals surface area contributed by atoms with Gasteiger partial charge < -0.3 is 28.1 Å². The lowest BCUT2D eigenvalue weighted by Gasteiger charge is -2.32. The molecule has 71 heavy (non-hydrogen) atoms. The Balaban J connectivity index is 0.901. The number of nitrogens with zero attached hydrogens (tertiary/aromatic N) is 2. The molecular weight excluding hydrogens is 870 g/mol. The molecule has 0 amide bonds. The standard InChI is InChI=1S/C63H60B2N2O4/c1-59(2)55-19-15-14-18-51(55)52-35-34-50(40-56(52)59)66(47-28-20-42(21-29-47)41-16-12-11-13-17-41)48-30-22-43(23-31-48)44-24-32-49(33-25-44)67-57-36-26-45(64-68-60(3,4)61(5,6)69-64)38-53(57)54-39-46(27-37-58(54)67)65-70-62(7,8)63(9,10)71-65/h11-40H,1-10H3. The molecule has 0 spiro atoms. The van der Waals surface area contributed by atoms with Gasteiger partial charge in [0.05, 0.1) is 33.4 Å². The van der Waals surface area contributed by atoms with Crippen LogP contribution in [0.1, 0.15) is 80.4 Å². The van der Waals surface area contributed by atoms with Crippen LogP contribution >= 0.6 is 0 Å². The van der Waals surface area contributed by atoms with E-state index in [9.17, 15) is 0 Å². The summed E-state index contributed by atoms with van der Waals surface area (Å²) in [6.45, 7) is 21.5. The maximum absolute atomic E-state index is 6.56.